The zero-order valence-corrected chi connectivity index (χ0v) is 8.11. The number of hydrogen-bond acceptors (Lipinski definition) is 4. The molecule has 0 amide bonds. The highest BCUT2D eigenvalue weighted by Crippen LogP contribution is 2.23. The molecule has 4 N–H and O–H groups in total. The SMILES string of the molecule is Nc1c(CO)cnn1C1CCNCC1. The second-order valence-electron chi connectivity index (χ2n) is 3.64. The summed E-state index contributed by atoms with van der Waals surface area (Å²) in [6.45, 7) is 1.99. The van der Waals surface area contributed by atoms with Gasteiger partial charge in [-0.15, -0.1) is 0 Å². The molecule has 2 rings (SSSR count). The third-order valence-electron chi connectivity index (χ3n) is 2.74. The van der Waals surface area contributed by atoms with Gasteiger partial charge in [0.05, 0.1) is 18.8 Å². The number of anilines is 1. The van der Waals surface area contributed by atoms with Crippen LogP contribution in [0.5, 0.6) is 0 Å². The van der Waals surface area contributed by atoms with Crippen molar-refractivity contribution >= 4 is 5.82 Å². The lowest BCUT2D eigenvalue weighted by Gasteiger charge is -2.23. The number of piperidine rings is 1. The Morgan fingerprint density at radius 2 is 2.29 bits per heavy atom. The molecule has 1 aliphatic heterocycles. The minimum Gasteiger partial charge on any atom is -0.391 e. The zero-order valence-electron chi connectivity index (χ0n) is 8.11. The fourth-order valence-electron chi connectivity index (χ4n) is 1.87. The molecule has 5 nitrogen and oxygen atoms in total. The number of aliphatic hydroxyl groups is 1. The van der Waals surface area contributed by atoms with Crippen LogP contribution in [0.2, 0.25) is 0 Å². The summed E-state index contributed by atoms with van der Waals surface area (Å²) in [5.74, 6) is 0.611. The van der Waals surface area contributed by atoms with E-state index in [0.717, 1.165) is 31.5 Å². The molecule has 0 saturated carbocycles. The molecule has 78 valence electrons. The molecule has 1 fully saturated rings. The van der Waals surface area contributed by atoms with Gasteiger partial charge in [0.25, 0.3) is 0 Å². The molecule has 14 heavy (non-hydrogen) atoms. The standard InChI is InChI=1S/C9H16N4O/c10-9-7(6-14)5-12-13(9)8-1-3-11-4-2-8/h5,8,11,14H,1-4,6,10H2. The number of nitrogens with one attached hydrogen (secondary N) is 1. The van der Waals surface area contributed by atoms with E-state index in [1.54, 1.807) is 6.20 Å². The second-order valence-corrected chi connectivity index (χ2v) is 3.64. The number of nitrogens with two attached hydrogens (primary N) is 1. The highest BCUT2D eigenvalue weighted by Gasteiger charge is 2.18. The number of nitrogens with zero attached hydrogens (tertiary/aromatic N) is 2. The van der Waals surface area contributed by atoms with E-state index in [-0.39, 0.29) is 6.61 Å². The van der Waals surface area contributed by atoms with Crippen molar-refractivity contribution in [1.29, 1.82) is 0 Å². The lowest BCUT2D eigenvalue weighted by molar-refractivity contribution is 0.282. The first-order valence-electron chi connectivity index (χ1n) is 4.96. The van der Waals surface area contributed by atoms with Gasteiger partial charge >= 0.3 is 0 Å². The molecule has 0 aliphatic carbocycles. The van der Waals surface area contributed by atoms with Gasteiger partial charge in [-0.1, -0.05) is 0 Å². The summed E-state index contributed by atoms with van der Waals surface area (Å²) in [6, 6.07) is 0.386. The molecule has 1 aromatic rings. The van der Waals surface area contributed by atoms with Crippen molar-refractivity contribution in [1.82, 2.24) is 15.1 Å². The summed E-state index contributed by atoms with van der Waals surface area (Å²) >= 11 is 0. The van der Waals surface area contributed by atoms with Crippen LogP contribution < -0.4 is 11.1 Å². The van der Waals surface area contributed by atoms with Crippen molar-refractivity contribution in [3.63, 3.8) is 0 Å². The Balaban J connectivity index is 2.18. The highest BCUT2D eigenvalue weighted by atomic mass is 16.3. The van der Waals surface area contributed by atoms with E-state index in [1.807, 2.05) is 4.68 Å². The predicted molar refractivity (Wildman–Crippen MR) is 53.7 cm³/mol. The van der Waals surface area contributed by atoms with Gasteiger partial charge in [-0.25, -0.2) is 4.68 Å². The van der Waals surface area contributed by atoms with E-state index < -0.39 is 0 Å². The van der Waals surface area contributed by atoms with Crippen molar-refractivity contribution in [3.05, 3.63) is 11.8 Å². The summed E-state index contributed by atoms with van der Waals surface area (Å²) in [7, 11) is 0. The molecule has 1 aliphatic rings. The Morgan fingerprint density at radius 3 is 2.86 bits per heavy atom. The summed E-state index contributed by atoms with van der Waals surface area (Å²) < 4.78 is 1.84. The Hall–Kier alpha value is -1.07. The quantitative estimate of drug-likeness (QED) is 0.616. The van der Waals surface area contributed by atoms with Crippen LogP contribution in [0.3, 0.4) is 0 Å². The first-order chi connectivity index (χ1) is 6.83. The van der Waals surface area contributed by atoms with Gasteiger partial charge < -0.3 is 16.2 Å². The zero-order chi connectivity index (χ0) is 9.97. The Morgan fingerprint density at radius 1 is 1.57 bits per heavy atom. The van der Waals surface area contributed by atoms with Gasteiger partial charge in [0, 0.05) is 5.56 Å². The fraction of sp³-hybridized carbons (Fsp3) is 0.667. The monoisotopic (exact) mass is 196 g/mol. The second kappa shape index (κ2) is 3.98. The van der Waals surface area contributed by atoms with Crippen LogP contribution in [0.4, 0.5) is 5.82 Å². The van der Waals surface area contributed by atoms with Crippen LogP contribution in [-0.2, 0) is 6.61 Å². The molecule has 2 heterocycles. The molecule has 0 unspecified atom stereocenters. The van der Waals surface area contributed by atoms with Crippen LogP contribution in [0, 0.1) is 0 Å². The number of rotatable bonds is 2. The molecular formula is C9H16N4O. The van der Waals surface area contributed by atoms with Gasteiger partial charge in [-0.3, -0.25) is 0 Å². The van der Waals surface area contributed by atoms with Crippen LogP contribution in [0.25, 0.3) is 0 Å². The van der Waals surface area contributed by atoms with E-state index >= 15 is 0 Å². The normalized spacial score (nSPS) is 18.6. The largest absolute Gasteiger partial charge is 0.391 e. The molecule has 1 aromatic heterocycles. The molecule has 5 heteroatoms. The summed E-state index contributed by atoms with van der Waals surface area (Å²) in [4.78, 5) is 0. The topological polar surface area (TPSA) is 76.1 Å². The van der Waals surface area contributed by atoms with Crippen LogP contribution in [-0.4, -0.2) is 28.0 Å². The lowest BCUT2D eigenvalue weighted by Crippen LogP contribution is -2.30. The number of aromatic nitrogens is 2. The maximum absolute atomic E-state index is 8.98. The van der Waals surface area contributed by atoms with Crippen molar-refractivity contribution in [2.45, 2.75) is 25.5 Å². The summed E-state index contributed by atoms with van der Waals surface area (Å²) in [5.41, 5.74) is 6.59. The smallest absolute Gasteiger partial charge is 0.127 e. The summed E-state index contributed by atoms with van der Waals surface area (Å²) in [6.07, 6.45) is 3.75. The van der Waals surface area contributed by atoms with Crippen molar-refractivity contribution in [2.75, 3.05) is 18.8 Å². The minimum absolute atomic E-state index is 0.0309. The van der Waals surface area contributed by atoms with E-state index in [4.69, 9.17) is 10.8 Å². The van der Waals surface area contributed by atoms with Crippen LogP contribution >= 0.6 is 0 Å². The molecule has 0 bridgehead atoms. The van der Waals surface area contributed by atoms with E-state index in [9.17, 15) is 0 Å². The maximum Gasteiger partial charge on any atom is 0.127 e. The van der Waals surface area contributed by atoms with Crippen molar-refractivity contribution < 1.29 is 5.11 Å². The first kappa shape index (κ1) is 9.48. The molecule has 0 aromatic carbocycles. The molecule has 0 spiro atoms. The number of aliphatic hydroxyl groups excluding tert-OH is 1. The average molecular weight is 196 g/mol. The van der Waals surface area contributed by atoms with Gasteiger partial charge in [0.1, 0.15) is 5.82 Å². The fourth-order valence-corrected chi connectivity index (χ4v) is 1.87. The highest BCUT2D eigenvalue weighted by molar-refractivity contribution is 5.38. The molecule has 1 saturated heterocycles. The molecule has 0 atom stereocenters. The number of hydrogen-bond donors (Lipinski definition) is 3. The van der Waals surface area contributed by atoms with Crippen LogP contribution in [0.1, 0.15) is 24.4 Å². The summed E-state index contributed by atoms with van der Waals surface area (Å²) in [5, 5.41) is 16.5. The van der Waals surface area contributed by atoms with Crippen molar-refractivity contribution in [2.24, 2.45) is 0 Å². The van der Waals surface area contributed by atoms with Gasteiger partial charge in [0.15, 0.2) is 0 Å². The first-order valence-corrected chi connectivity index (χ1v) is 4.96. The average Bonchev–Trinajstić information content (AvgIpc) is 2.61. The molecule has 0 radical (unpaired) electrons. The predicted octanol–water partition coefficient (Wildman–Crippen LogP) is -0.118. The van der Waals surface area contributed by atoms with Crippen molar-refractivity contribution in [3.8, 4) is 0 Å². The third kappa shape index (κ3) is 1.60. The maximum atomic E-state index is 8.98. The lowest BCUT2D eigenvalue weighted by atomic mass is 10.1. The Kier molecular flexibility index (Phi) is 2.69. The van der Waals surface area contributed by atoms with Gasteiger partial charge in [-0.2, -0.15) is 5.10 Å². The van der Waals surface area contributed by atoms with Crippen LogP contribution in [0.15, 0.2) is 6.20 Å². The third-order valence-corrected chi connectivity index (χ3v) is 2.74. The Labute approximate surface area is 82.9 Å². The minimum atomic E-state index is -0.0309. The van der Waals surface area contributed by atoms with Gasteiger partial charge in [0.2, 0.25) is 0 Å². The van der Waals surface area contributed by atoms with E-state index in [2.05, 4.69) is 10.4 Å². The Bertz CT molecular complexity index is 304. The molecular weight excluding hydrogens is 180 g/mol. The number of nitrogen functional groups attached to an aromatic ring is 1. The van der Waals surface area contributed by atoms with Gasteiger partial charge in [-0.05, 0) is 25.9 Å². The van der Waals surface area contributed by atoms with E-state index in [0.29, 0.717) is 11.9 Å². The van der Waals surface area contributed by atoms with E-state index in [1.165, 1.54) is 0 Å².